The Labute approximate surface area is 217 Å². The number of ether oxygens (including phenoxy) is 2. The number of anilines is 1. The zero-order valence-electron chi connectivity index (χ0n) is 22.7. The van der Waals surface area contributed by atoms with Gasteiger partial charge in [-0.1, -0.05) is 13.8 Å². The molecule has 5 rings (SSSR count). The number of carboxylic acid groups (broad SMARTS) is 1. The predicted octanol–water partition coefficient (Wildman–Crippen LogP) is 2.85. The molecule has 5 heterocycles. The van der Waals surface area contributed by atoms with Crippen molar-refractivity contribution in [3.05, 3.63) is 17.7 Å². The molecule has 3 fully saturated rings. The summed E-state index contributed by atoms with van der Waals surface area (Å²) in [6, 6.07) is 0.307. The average Bonchev–Trinajstić information content (AvgIpc) is 3.12. The monoisotopic (exact) mass is 517 g/mol. The lowest BCUT2D eigenvalue weighted by Crippen LogP contribution is -2.44. The van der Waals surface area contributed by atoms with Crippen LogP contribution in [0.1, 0.15) is 76.6 Å². The van der Waals surface area contributed by atoms with Crippen molar-refractivity contribution in [2.75, 3.05) is 44.6 Å². The van der Waals surface area contributed by atoms with E-state index in [2.05, 4.69) is 48.8 Å². The number of likely N-dealkylation sites (tertiary alicyclic amines) is 1. The number of carbonyl (C=O) groups is 2. The number of piperidine rings is 1. The Balaban J connectivity index is 0.000000349. The molecular weight excluding hydrogens is 478 g/mol. The highest BCUT2D eigenvalue weighted by Crippen LogP contribution is 2.39. The van der Waals surface area contributed by atoms with Gasteiger partial charge in [-0.15, -0.1) is 5.10 Å². The summed E-state index contributed by atoms with van der Waals surface area (Å²) < 4.78 is 12.1. The Bertz CT molecular complexity index is 1140. The van der Waals surface area contributed by atoms with Crippen molar-refractivity contribution in [2.45, 2.75) is 77.7 Å². The maximum atomic E-state index is 12.0. The normalized spacial score (nSPS) is 23.9. The second-order valence-electron chi connectivity index (χ2n) is 11.3. The zero-order valence-corrected chi connectivity index (χ0v) is 22.7. The number of Topliss-reactive ketones (excluding diaryl/α,β-unsaturated/α-hetero) is 1. The maximum absolute atomic E-state index is 12.0. The molecule has 3 aliphatic rings. The number of nitrogens with one attached hydrogen (secondary N) is 1. The van der Waals surface area contributed by atoms with Gasteiger partial charge in [-0.25, -0.2) is 19.3 Å². The molecule has 0 saturated carbocycles. The Kier molecular flexibility index (Phi) is 7.72. The number of carbonyl (C=O) groups excluding carboxylic acids is 1. The molecule has 2 aromatic rings. The molecule has 12 nitrogen and oxygen atoms in total. The van der Waals surface area contributed by atoms with E-state index in [1.165, 1.54) is 6.92 Å². The molecule has 0 aromatic carbocycles. The van der Waals surface area contributed by atoms with Gasteiger partial charge in [-0.3, -0.25) is 14.6 Å². The molecule has 0 amide bonds. The van der Waals surface area contributed by atoms with Crippen LogP contribution < -0.4 is 5.32 Å². The summed E-state index contributed by atoms with van der Waals surface area (Å²) >= 11 is 0. The van der Waals surface area contributed by atoms with E-state index >= 15 is 0 Å². The average molecular weight is 518 g/mol. The number of fused-ring (bicyclic) bond motifs is 2. The van der Waals surface area contributed by atoms with E-state index in [9.17, 15) is 9.59 Å². The number of rotatable bonds is 6. The van der Waals surface area contributed by atoms with Crippen molar-refractivity contribution in [3.63, 3.8) is 0 Å². The first-order chi connectivity index (χ1) is 17.4. The lowest BCUT2D eigenvalue weighted by Gasteiger charge is -2.34. The minimum atomic E-state index is -1.22. The number of hydrogen-bond acceptors (Lipinski definition) is 10. The summed E-state index contributed by atoms with van der Waals surface area (Å²) in [6.45, 7) is 16.8. The number of nitrogens with zero attached hydrogens (tertiary/aromatic N) is 6. The second kappa shape index (κ2) is 10.5. The summed E-state index contributed by atoms with van der Waals surface area (Å²) in [4.78, 5) is 35.7. The largest absolute Gasteiger partial charge is 0.506 e. The molecule has 3 aliphatic heterocycles. The first-order valence-electron chi connectivity index (χ1n) is 12.9. The third-order valence-electron chi connectivity index (χ3n) is 6.73. The van der Waals surface area contributed by atoms with Crippen molar-refractivity contribution < 1.29 is 24.2 Å². The van der Waals surface area contributed by atoms with Crippen LogP contribution in [0.15, 0.2) is 6.20 Å². The fraction of sp³-hybridized carbons (Fsp3) is 0.720. The van der Waals surface area contributed by atoms with E-state index in [4.69, 9.17) is 9.84 Å². The van der Waals surface area contributed by atoms with Crippen LogP contribution in [0.5, 0.6) is 0 Å². The van der Waals surface area contributed by atoms with Gasteiger partial charge >= 0.3 is 6.16 Å². The van der Waals surface area contributed by atoms with E-state index in [1.54, 1.807) is 25.3 Å². The molecule has 2 atom stereocenters. The van der Waals surface area contributed by atoms with Gasteiger partial charge in [0, 0.05) is 45.7 Å². The number of morpholine rings is 1. The minimum Gasteiger partial charge on any atom is -0.450 e. The smallest absolute Gasteiger partial charge is 0.450 e. The molecule has 0 bridgehead atoms. The minimum absolute atomic E-state index is 0.0125. The van der Waals surface area contributed by atoms with Crippen molar-refractivity contribution >= 4 is 23.4 Å². The molecular formula is C25H39N7O5. The van der Waals surface area contributed by atoms with E-state index < -0.39 is 11.8 Å². The molecule has 2 unspecified atom stereocenters. The van der Waals surface area contributed by atoms with Gasteiger partial charge in [0.05, 0.1) is 18.5 Å². The van der Waals surface area contributed by atoms with Crippen molar-refractivity contribution in [1.29, 1.82) is 0 Å². The summed E-state index contributed by atoms with van der Waals surface area (Å²) in [5.74, 6) is 0.998. The van der Waals surface area contributed by atoms with Crippen LogP contribution in [0.4, 0.5) is 10.6 Å². The van der Waals surface area contributed by atoms with Crippen LogP contribution in [-0.4, -0.2) is 103 Å². The Morgan fingerprint density at radius 1 is 1.27 bits per heavy atom. The van der Waals surface area contributed by atoms with Crippen LogP contribution in [0.25, 0.3) is 5.65 Å². The van der Waals surface area contributed by atoms with E-state index in [0.717, 1.165) is 57.9 Å². The van der Waals surface area contributed by atoms with Crippen molar-refractivity contribution in [1.82, 2.24) is 29.4 Å². The standard InChI is InChI=1S/C20H29N7O2.C5H10O3/c1-13(2)16-10-21-19-18(23-17(14(3)28)24-27(16)19)22-15-4-6-25(7-5-15)11-20-12-26(20)8-9-29-20;1-5(2,3)8-4(6)7/h10,13,15H,4-9,11-12H2,1-3H3,(H,22,23,24);1-3H3,(H,6,7). The fourth-order valence-corrected chi connectivity index (χ4v) is 4.80. The molecule has 0 spiro atoms. The second-order valence-corrected chi connectivity index (χ2v) is 11.3. The van der Waals surface area contributed by atoms with Gasteiger partial charge in [-0.05, 0) is 39.5 Å². The fourth-order valence-electron chi connectivity index (χ4n) is 4.80. The van der Waals surface area contributed by atoms with Crippen LogP contribution in [-0.2, 0) is 9.47 Å². The van der Waals surface area contributed by atoms with Crippen LogP contribution in [0.3, 0.4) is 0 Å². The lowest BCUT2D eigenvalue weighted by atomic mass is 10.0. The quantitative estimate of drug-likeness (QED) is 0.333. The third kappa shape index (κ3) is 6.55. The van der Waals surface area contributed by atoms with Crippen molar-refractivity contribution in [3.8, 4) is 0 Å². The van der Waals surface area contributed by atoms with Crippen molar-refractivity contribution in [2.24, 2.45) is 0 Å². The Hall–Kier alpha value is -2.83. The highest BCUT2D eigenvalue weighted by atomic mass is 16.7. The van der Waals surface area contributed by atoms with Gasteiger partial charge < -0.3 is 19.9 Å². The molecule has 37 heavy (non-hydrogen) atoms. The molecule has 0 aliphatic carbocycles. The van der Waals surface area contributed by atoms with Gasteiger partial charge in [0.2, 0.25) is 5.82 Å². The zero-order chi connectivity index (χ0) is 27.0. The highest BCUT2D eigenvalue weighted by molar-refractivity contribution is 5.90. The topological polar surface area (TPSA) is 134 Å². The van der Waals surface area contributed by atoms with Gasteiger partial charge in [0.25, 0.3) is 0 Å². The molecule has 12 heteroatoms. The van der Waals surface area contributed by atoms with E-state index in [-0.39, 0.29) is 23.3 Å². The predicted molar refractivity (Wildman–Crippen MR) is 137 cm³/mol. The molecule has 2 aromatic heterocycles. The first-order valence-corrected chi connectivity index (χ1v) is 12.9. The van der Waals surface area contributed by atoms with Gasteiger partial charge in [0.1, 0.15) is 11.3 Å². The molecule has 3 saturated heterocycles. The molecule has 204 valence electrons. The first kappa shape index (κ1) is 27.2. The highest BCUT2D eigenvalue weighted by Gasteiger charge is 2.57. The maximum Gasteiger partial charge on any atom is 0.506 e. The van der Waals surface area contributed by atoms with Crippen LogP contribution in [0, 0.1) is 0 Å². The number of ketones is 1. The number of aromatic nitrogens is 4. The SMILES string of the molecule is CC(=O)c1nc(NC2CCN(CC34CN3CCO4)CC2)c2ncc(C(C)C)n2n1.CC(C)(C)OC(=O)O. The molecule has 0 radical (unpaired) electrons. The molecule has 2 N–H and O–H groups in total. The number of imidazole rings is 1. The lowest BCUT2D eigenvalue weighted by molar-refractivity contribution is 0.0149. The van der Waals surface area contributed by atoms with Gasteiger partial charge in [0.15, 0.2) is 17.2 Å². The summed E-state index contributed by atoms with van der Waals surface area (Å²) in [5, 5.41) is 16.0. The Morgan fingerprint density at radius 2 is 1.97 bits per heavy atom. The van der Waals surface area contributed by atoms with Gasteiger partial charge in [-0.2, -0.15) is 0 Å². The van der Waals surface area contributed by atoms with Crippen LogP contribution in [0.2, 0.25) is 0 Å². The van der Waals surface area contributed by atoms with Crippen LogP contribution >= 0.6 is 0 Å². The summed E-state index contributed by atoms with van der Waals surface area (Å²) in [7, 11) is 0. The van der Waals surface area contributed by atoms with E-state index in [0.29, 0.717) is 17.5 Å². The Morgan fingerprint density at radius 3 is 2.46 bits per heavy atom. The van der Waals surface area contributed by atoms with E-state index in [1.807, 2.05) is 6.20 Å². The summed E-state index contributed by atoms with van der Waals surface area (Å²) in [6.07, 6.45) is 2.66. The summed E-state index contributed by atoms with van der Waals surface area (Å²) in [5.41, 5.74) is 1.10. The number of hydrogen-bond donors (Lipinski definition) is 2. The third-order valence-corrected chi connectivity index (χ3v) is 6.73.